The molecule has 0 N–H and O–H groups in total. The van der Waals surface area contributed by atoms with E-state index >= 15 is 0 Å². The molecule has 0 bridgehead atoms. The van der Waals surface area contributed by atoms with Crippen LogP contribution in [-0.2, 0) is 20.0 Å². The normalized spacial score (nSPS) is 12.0. The summed E-state index contributed by atoms with van der Waals surface area (Å²) in [6.45, 7) is 3.78. The molecule has 0 aliphatic heterocycles. The van der Waals surface area contributed by atoms with Gasteiger partial charge in [0.1, 0.15) is 10.8 Å². The standard InChI is InChI=1S/C46H35ClN4O5S2/c1-32-20-24-36(25-21-32)57(52,53)48-28-10-18-44(48)51(34-12-4-3-5-13-34)42-30-35(50-40-16-8-6-14-38(40)39-15-7-9-17-41(39)50)31-43(46(42)47)56-45-19-11-29-49(45)58(54,55)37-26-22-33(2)23-27-37/h3-31H,1-2H3. The number of hydrogen-bond donors (Lipinski definition) is 0. The molecule has 9 rings (SSSR count). The molecule has 0 aliphatic rings. The van der Waals surface area contributed by atoms with Crippen LogP contribution in [0.2, 0.25) is 5.02 Å². The topological polar surface area (TPSA) is 95.5 Å². The molecule has 12 heteroatoms. The summed E-state index contributed by atoms with van der Waals surface area (Å²) in [5.41, 5.74) is 5.28. The first kappa shape index (κ1) is 37.1. The highest BCUT2D eigenvalue weighted by atomic mass is 35.5. The van der Waals surface area contributed by atoms with Gasteiger partial charge in [-0.3, -0.25) is 4.90 Å². The number of anilines is 3. The zero-order valence-corrected chi connectivity index (χ0v) is 33.7. The van der Waals surface area contributed by atoms with Crippen molar-refractivity contribution in [2.45, 2.75) is 23.6 Å². The smallest absolute Gasteiger partial charge is 0.270 e. The Labute approximate surface area is 341 Å². The van der Waals surface area contributed by atoms with Crippen molar-refractivity contribution in [3.8, 4) is 17.3 Å². The summed E-state index contributed by atoms with van der Waals surface area (Å²) in [7, 11) is -8.18. The highest BCUT2D eigenvalue weighted by Crippen LogP contribution is 2.47. The third kappa shape index (κ3) is 6.33. The summed E-state index contributed by atoms with van der Waals surface area (Å²) in [6.07, 6.45) is 2.93. The Morgan fingerprint density at radius 1 is 0.552 bits per heavy atom. The molecular formula is C46H35ClN4O5S2. The first-order valence-corrected chi connectivity index (χ1v) is 21.6. The van der Waals surface area contributed by atoms with Gasteiger partial charge in [0.2, 0.25) is 5.88 Å². The average Bonchev–Trinajstić information content (AvgIpc) is 3.99. The SMILES string of the molecule is Cc1ccc(S(=O)(=O)n2cccc2Oc2cc(-n3c4ccccc4c4ccccc43)cc(N(c3ccccc3)c3cccn3S(=O)(=O)c3ccc(C)cc3)c2Cl)cc1. The van der Waals surface area contributed by atoms with E-state index in [9.17, 15) is 16.8 Å². The second-order valence-electron chi connectivity index (χ2n) is 13.9. The lowest BCUT2D eigenvalue weighted by Crippen LogP contribution is -2.20. The predicted molar refractivity (Wildman–Crippen MR) is 230 cm³/mol. The third-order valence-electron chi connectivity index (χ3n) is 10.1. The summed E-state index contributed by atoms with van der Waals surface area (Å²) < 4.78 is 67.8. The van der Waals surface area contributed by atoms with Gasteiger partial charge in [-0.05, 0) is 86.6 Å². The molecule has 0 fully saturated rings. The van der Waals surface area contributed by atoms with Crippen molar-refractivity contribution in [3.63, 3.8) is 0 Å². The number of aryl methyl sites for hydroxylation is 2. The maximum Gasteiger partial charge on any atom is 0.270 e. The van der Waals surface area contributed by atoms with Gasteiger partial charge in [-0.15, -0.1) is 0 Å². The first-order valence-electron chi connectivity index (χ1n) is 18.4. The number of nitrogens with zero attached hydrogens (tertiary/aromatic N) is 4. The van der Waals surface area contributed by atoms with Gasteiger partial charge in [0.25, 0.3) is 20.0 Å². The highest BCUT2D eigenvalue weighted by molar-refractivity contribution is 7.90. The minimum atomic E-state index is -4.10. The fraction of sp³-hybridized carbons (Fsp3) is 0.0435. The van der Waals surface area contributed by atoms with E-state index < -0.39 is 20.0 Å². The monoisotopic (exact) mass is 822 g/mol. The van der Waals surface area contributed by atoms with Gasteiger partial charge in [-0.1, -0.05) is 102 Å². The molecule has 0 atom stereocenters. The number of para-hydroxylation sites is 3. The Bertz CT molecular complexity index is 3160. The van der Waals surface area contributed by atoms with Crippen LogP contribution in [0.4, 0.5) is 17.2 Å². The van der Waals surface area contributed by atoms with E-state index in [4.69, 9.17) is 16.3 Å². The van der Waals surface area contributed by atoms with Gasteiger partial charge in [-0.25, -0.2) is 24.8 Å². The molecule has 3 heterocycles. The number of rotatable bonds is 10. The Morgan fingerprint density at radius 3 is 1.67 bits per heavy atom. The lowest BCUT2D eigenvalue weighted by atomic mass is 10.2. The number of ether oxygens (including phenoxy) is 1. The minimum absolute atomic E-state index is 0.00406. The molecule has 0 aliphatic carbocycles. The molecule has 9 aromatic rings. The van der Waals surface area contributed by atoms with E-state index in [1.807, 2.05) is 86.6 Å². The molecule has 58 heavy (non-hydrogen) atoms. The van der Waals surface area contributed by atoms with Crippen LogP contribution in [0.25, 0.3) is 27.5 Å². The van der Waals surface area contributed by atoms with Crippen molar-refractivity contribution in [2.75, 3.05) is 4.90 Å². The number of aromatic nitrogens is 3. The average molecular weight is 823 g/mol. The fourth-order valence-electron chi connectivity index (χ4n) is 7.23. The van der Waals surface area contributed by atoms with Gasteiger partial charge in [0, 0.05) is 41.0 Å². The number of halogens is 1. The molecule has 3 aromatic heterocycles. The second-order valence-corrected chi connectivity index (χ2v) is 17.9. The quantitative estimate of drug-likeness (QED) is 0.136. The molecule has 0 amide bonds. The van der Waals surface area contributed by atoms with Crippen molar-refractivity contribution in [3.05, 3.63) is 192 Å². The van der Waals surface area contributed by atoms with Crippen LogP contribution in [0.1, 0.15) is 11.1 Å². The van der Waals surface area contributed by atoms with Crippen molar-refractivity contribution >= 4 is 70.6 Å². The van der Waals surface area contributed by atoms with Crippen molar-refractivity contribution < 1.29 is 21.6 Å². The van der Waals surface area contributed by atoms with Crippen molar-refractivity contribution in [1.82, 2.24) is 12.5 Å². The van der Waals surface area contributed by atoms with E-state index in [0.29, 0.717) is 17.1 Å². The van der Waals surface area contributed by atoms with E-state index in [2.05, 4.69) is 16.7 Å². The van der Waals surface area contributed by atoms with Crippen LogP contribution in [0, 0.1) is 13.8 Å². The van der Waals surface area contributed by atoms with Crippen LogP contribution >= 0.6 is 11.6 Å². The molecule has 6 aromatic carbocycles. The van der Waals surface area contributed by atoms with Crippen LogP contribution in [0.15, 0.2) is 186 Å². The predicted octanol–water partition coefficient (Wildman–Crippen LogP) is 11.4. The zero-order valence-electron chi connectivity index (χ0n) is 31.3. The van der Waals surface area contributed by atoms with Gasteiger partial charge in [0.05, 0.1) is 32.2 Å². The fourth-order valence-corrected chi connectivity index (χ4v) is 10.1. The minimum Gasteiger partial charge on any atom is -0.438 e. The molecule has 9 nitrogen and oxygen atoms in total. The van der Waals surface area contributed by atoms with Crippen molar-refractivity contribution in [1.29, 1.82) is 0 Å². The third-order valence-corrected chi connectivity index (χ3v) is 13.8. The Hall–Kier alpha value is -6.53. The summed E-state index contributed by atoms with van der Waals surface area (Å²) in [4.78, 5) is 1.98. The lowest BCUT2D eigenvalue weighted by Gasteiger charge is -2.28. The number of fused-ring (bicyclic) bond motifs is 3. The van der Waals surface area contributed by atoms with E-state index in [-0.39, 0.29) is 32.3 Å². The maximum absolute atomic E-state index is 14.4. The largest absolute Gasteiger partial charge is 0.438 e. The van der Waals surface area contributed by atoms with Crippen molar-refractivity contribution in [2.24, 2.45) is 0 Å². The van der Waals surface area contributed by atoms with Gasteiger partial charge in [-0.2, -0.15) is 0 Å². The van der Waals surface area contributed by atoms with Gasteiger partial charge < -0.3 is 9.30 Å². The summed E-state index contributed by atoms with van der Waals surface area (Å²) in [5, 5.41) is 2.15. The Morgan fingerprint density at radius 2 is 1.07 bits per heavy atom. The van der Waals surface area contributed by atoms with E-state index in [0.717, 1.165) is 36.9 Å². The van der Waals surface area contributed by atoms with Gasteiger partial charge in [0.15, 0.2) is 5.75 Å². The maximum atomic E-state index is 14.4. The Balaban J connectivity index is 1.30. The molecule has 0 saturated carbocycles. The van der Waals surface area contributed by atoms with Crippen LogP contribution < -0.4 is 9.64 Å². The van der Waals surface area contributed by atoms with E-state index in [1.165, 1.54) is 16.4 Å². The summed E-state index contributed by atoms with van der Waals surface area (Å²) in [6, 6.07) is 48.9. The van der Waals surface area contributed by atoms with Crippen LogP contribution in [0.3, 0.4) is 0 Å². The highest BCUT2D eigenvalue weighted by Gasteiger charge is 2.29. The zero-order chi connectivity index (χ0) is 40.2. The molecule has 288 valence electrons. The van der Waals surface area contributed by atoms with E-state index in [1.54, 1.807) is 83.8 Å². The lowest BCUT2D eigenvalue weighted by molar-refractivity contribution is 0.455. The second kappa shape index (κ2) is 14.4. The molecule has 0 radical (unpaired) electrons. The molecular weight excluding hydrogens is 788 g/mol. The van der Waals surface area contributed by atoms with Crippen LogP contribution in [-0.4, -0.2) is 29.3 Å². The van der Waals surface area contributed by atoms with Gasteiger partial charge >= 0.3 is 0 Å². The summed E-state index contributed by atoms with van der Waals surface area (Å²) in [5.74, 6) is 0.421. The molecule has 0 spiro atoms. The molecule has 0 unspecified atom stereocenters. The first-order chi connectivity index (χ1) is 28.0. The number of benzene rings is 6. The number of hydrogen-bond acceptors (Lipinski definition) is 6. The Kier molecular flexibility index (Phi) is 9.23. The summed E-state index contributed by atoms with van der Waals surface area (Å²) >= 11 is 7.47. The molecule has 0 saturated heterocycles. The van der Waals surface area contributed by atoms with Crippen LogP contribution in [0.5, 0.6) is 11.6 Å².